The molecule has 1 fully saturated rings. The zero-order chi connectivity index (χ0) is 26.3. The summed E-state index contributed by atoms with van der Waals surface area (Å²) in [5.74, 6) is 1.36. The Morgan fingerprint density at radius 3 is 2.76 bits per heavy atom. The van der Waals surface area contributed by atoms with Crippen molar-refractivity contribution in [1.82, 2.24) is 24.6 Å². The minimum Gasteiger partial charge on any atom is -0.493 e. The van der Waals surface area contributed by atoms with Crippen molar-refractivity contribution in [2.75, 3.05) is 32.2 Å². The van der Waals surface area contributed by atoms with Gasteiger partial charge in [0.15, 0.2) is 23.8 Å². The van der Waals surface area contributed by atoms with Gasteiger partial charge in [0.05, 0.1) is 18.8 Å². The van der Waals surface area contributed by atoms with Crippen LogP contribution in [0.15, 0.2) is 47.6 Å². The summed E-state index contributed by atoms with van der Waals surface area (Å²) in [6, 6.07) is 13.6. The molecule has 1 saturated heterocycles. The first-order chi connectivity index (χ1) is 18.7. The number of nitrogens with one attached hydrogen (secondary N) is 1. The number of rotatable bonds is 10. The van der Waals surface area contributed by atoms with Crippen LogP contribution in [0.2, 0.25) is 0 Å². The van der Waals surface area contributed by atoms with Crippen LogP contribution in [0.25, 0.3) is 22.1 Å². The van der Waals surface area contributed by atoms with Gasteiger partial charge in [0.2, 0.25) is 0 Å². The van der Waals surface area contributed by atoms with Gasteiger partial charge in [-0.25, -0.2) is 5.43 Å². The van der Waals surface area contributed by atoms with Gasteiger partial charge in [0.1, 0.15) is 5.52 Å². The predicted molar refractivity (Wildman–Crippen MR) is 148 cm³/mol. The number of carbonyl (C=O) groups is 1. The Balaban J connectivity index is 1.27. The monoisotopic (exact) mass is 515 g/mol. The van der Waals surface area contributed by atoms with Crippen molar-refractivity contribution in [1.29, 1.82) is 0 Å². The molecule has 10 nitrogen and oxygen atoms in total. The maximum atomic E-state index is 12.4. The predicted octanol–water partition coefficient (Wildman–Crippen LogP) is 4.63. The zero-order valence-corrected chi connectivity index (χ0v) is 21.9. The van der Waals surface area contributed by atoms with E-state index in [1.807, 2.05) is 29.2 Å². The molecule has 0 spiro atoms. The van der Waals surface area contributed by atoms with E-state index >= 15 is 0 Å². The van der Waals surface area contributed by atoms with Crippen molar-refractivity contribution < 1.29 is 14.3 Å². The molecule has 10 heteroatoms. The van der Waals surface area contributed by atoms with Crippen LogP contribution in [0.1, 0.15) is 44.6 Å². The number of fused-ring (bicyclic) bond motifs is 3. The Morgan fingerprint density at radius 2 is 1.95 bits per heavy atom. The highest BCUT2D eigenvalue weighted by atomic mass is 16.5. The van der Waals surface area contributed by atoms with Gasteiger partial charge in [-0.15, -0.1) is 10.2 Å². The number of anilines is 1. The summed E-state index contributed by atoms with van der Waals surface area (Å²) in [6.45, 7) is 4.63. The van der Waals surface area contributed by atoms with Crippen molar-refractivity contribution in [3.8, 4) is 11.5 Å². The lowest BCUT2D eigenvalue weighted by Gasteiger charge is -2.26. The summed E-state index contributed by atoms with van der Waals surface area (Å²) in [5.41, 5.74) is 6.35. The van der Waals surface area contributed by atoms with Crippen LogP contribution in [0, 0.1) is 0 Å². The summed E-state index contributed by atoms with van der Waals surface area (Å²) < 4.78 is 13.4. The standard InChI is InChI=1S/C28H33N7O3/c1-3-4-16-35-22-11-7-6-10-21(22)26-27(35)30-28(33-31-26)32-29-18-20-12-13-23(24(17-20)37-2)38-19-25(36)34-14-8-5-9-15-34/h6-7,10-13,17-18H,3-5,8-9,14-16,19H2,1-2H3,(H,30,32,33)/b29-18+. The lowest BCUT2D eigenvalue weighted by Crippen LogP contribution is -2.38. The van der Waals surface area contributed by atoms with Crippen molar-refractivity contribution in [2.24, 2.45) is 5.10 Å². The van der Waals surface area contributed by atoms with Gasteiger partial charge in [-0.3, -0.25) is 4.79 Å². The number of benzene rings is 2. The highest BCUT2D eigenvalue weighted by Crippen LogP contribution is 2.28. The minimum atomic E-state index is -0.00678. The number of likely N-dealkylation sites (tertiary alicyclic amines) is 1. The lowest BCUT2D eigenvalue weighted by atomic mass is 10.1. The molecule has 2 aromatic heterocycles. The number of hydrogen-bond acceptors (Lipinski definition) is 8. The van der Waals surface area contributed by atoms with Crippen LogP contribution < -0.4 is 14.9 Å². The number of nitrogens with zero attached hydrogens (tertiary/aromatic N) is 6. The molecule has 38 heavy (non-hydrogen) atoms. The smallest absolute Gasteiger partial charge is 0.265 e. The number of carbonyl (C=O) groups excluding carboxylic acids is 1. The third kappa shape index (κ3) is 5.53. The van der Waals surface area contributed by atoms with Gasteiger partial charge in [-0.2, -0.15) is 10.1 Å². The zero-order valence-electron chi connectivity index (χ0n) is 21.9. The molecule has 0 bridgehead atoms. The normalized spacial score (nSPS) is 13.9. The van der Waals surface area contributed by atoms with Gasteiger partial charge >= 0.3 is 0 Å². The molecule has 3 heterocycles. The number of methoxy groups -OCH3 is 1. The van der Waals surface area contributed by atoms with Gasteiger partial charge in [-0.05, 0) is 55.5 Å². The second-order valence-electron chi connectivity index (χ2n) is 9.34. The molecule has 4 aromatic rings. The molecule has 0 saturated carbocycles. The highest BCUT2D eigenvalue weighted by Gasteiger charge is 2.18. The van der Waals surface area contributed by atoms with Crippen LogP contribution in [0.5, 0.6) is 11.5 Å². The number of unbranched alkanes of at least 4 members (excludes halogenated alkanes) is 1. The molecule has 1 aliphatic rings. The van der Waals surface area contributed by atoms with E-state index in [0.29, 0.717) is 17.4 Å². The average Bonchev–Trinajstić information content (AvgIpc) is 3.28. The largest absolute Gasteiger partial charge is 0.493 e. The quantitative estimate of drug-likeness (QED) is 0.242. The number of ether oxygens (including phenoxy) is 2. The van der Waals surface area contributed by atoms with Gasteiger partial charge < -0.3 is 18.9 Å². The van der Waals surface area contributed by atoms with Crippen LogP contribution in [-0.2, 0) is 11.3 Å². The fourth-order valence-corrected chi connectivity index (χ4v) is 4.72. The Bertz CT molecular complexity index is 1440. The van der Waals surface area contributed by atoms with E-state index in [0.717, 1.165) is 72.9 Å². The number of aromatic nitrogens is 4. The summed E-state index contributed by atoms with van der Waals surface area (Å²) in [5, 5.41) is 14.0. The van der Waals surface area contributed by atoms with E-state index in [4.69, 9.17) is 14.5 Å². The summed E-state index contributed by atoms with van der Waals surface area (Å²) in [6.07, 6.45) is 7.06. The number of para-hydroxylation sites is 1. The highest BCUT2D eigenvalue weighted by molar-refractivity contribution is 6.04. The molecule has 1 aliphatic heterocycles. The van der Waals surface area contributed by atoms with Crippen LogP contribution >= 0.6 is 0 Å². The summed E-state index contributed by atoms with van der Waals surface area (Å²) in [4.78, 5) is 19.0. The van der Waals surface area contributed by atoms with Crippen LogP contribution in [0.4, 0.5) is 5.95 Å². The molecular weight excluding hydrogens is 482 g/mol. The van der Waals surface area contributed by atoms with E-state index in [1.54, 1.807) is 25.5 Å². The first kappa shape index (κ1) is 25.4. The van der Waals surface area contributed by atoms with E-state index in [9.17, 15) is 4.79 Å². The fourth-order valence-electron chi connectivity index (χ4n) is 4.72. The SMILES string of the molecule is CCCCn1c2ccccc2c2nnc(N/N=C/c3ccc(OCC(=O)N4CCCCC4)c(OC)c3)nc21. The first-order valence-electron chi connectivity index (χ1n) is 13.2. The maximum Gasteiger partial charge on any atom is 0.265 e. The third-order valence-corrected chi connectivity index (χ3v) is 6.74. The van der Waals surface area contributed by atoms with Crippen molar-refractivity contribution in [3.05, 3.63) is 48.0 Å². The Labute approximate surface area is 221 Å². The van der Waals surface area contributed by atoms with Crippen LogP contribution in [0.3, 0.4) is 0 Å². The van der Waals surface area contributed by atoms with Gasteiger partial charge in [0.25, 0.3) is 11.9 Å². The van der Waals surface area contributed by atoms with Crippen LogP contribution in [-0.4, -0.2) is 63.6 Å². The Kier molecular flexibility index (Phi) is 7.96. The lowest BCUT2D eigenvalue weighted by molar-refractivity contribution is -0.134. The molecule has 1 N–H and O–H groups in total. The number of amides is 1. The first-order valence-corrected chi connectivity index (χ1v) is 13.2. The molecular formula is C28H33N7O3. The fraction of sp³-hybridized carbons (Fsp3) is 0.393. The average molecular weight is 516 g/mol. The molecule has 0 aliphatic carbocycles. The molecule has 2 aromatic carbocycles. The number of hydrazone groups is 1. The second kappa shape index (κ2) is 11.9. The van der Waals surface area contributed by atoms with E-state index < -0.39 is 0 Å². The maximum absolute atomic E-state index is 12.4. The summed E-state index contributed by atoms with van der Waals surface area (Å²) >= 11 is 0. The van der Waals surface area contributed by atoms with Crippen molar-refractivity contribution in [3.63, 3.8) is 0 Å². The van der Waals surface area contributed by atoms with Crippen molar-refractivity contribution >= 4 is 40.1 Å². The molecule has 1 amide bonds. The minimum absolute atomic E-state index is 0.000837. The Hall–Kier alpha value is -4.21. The Morgan fingerprint density at radius 1 is 1.11 bits per heavy atom. The molecule has 5 rings (SSSR count). The number of piperidine rings is 1. The molecule has 198 valence electrons. The van der Waals surface area contributed by atoms with E-state index in [1.165, 1.54) is 6.42 Å². The number of aryl methyl sites for hydroxylation is 1. The summed E-state index contributed by atoms with van der Waals surface area (Å²) in [7, 11) is 1.57. The number of hydrogen-bond donors (Lipinski definition) is 1. The van der Waals surface area contributed by atoms with Crippen molar-refractivity contribution in [2.45, 2.75) is 45.6 Å². The molecule has 0 radical (unpaired) electrons. The molecule has 0 atom stereocenters. The topological polar surface area (TPSA) is 107 Å². The van der Waals surface area contributed by atoms with E-state index in [-0.39, 0.29) is 12.5 Å². The van der Waals surface area contributed by atoms with Gasteiger partial charge in [0, 0.05) is 25.0 Å². The third-order valence-electron chi connectivity index (χ3n) is 6.74. The van der Waals surface area contributed by atoms with E-state index in [2.05, 4.69) is 38.3 Å². The molecule has 0 unspecified atom stereocenters. The van der Waals surface area contributed by atoms with Gasteiger partial charge in [-0.1, -0.05) is 31.5 Å². The second-order valence-corrected chi connectivity index (χ2v) is 9.34.